The molecule has 6 heteroatoms. The number of rotatable bonds is 2. The molecule has 0 fully saturated rings. The van der Waals surface area contributed by atoms with Crippen LogP contribution in [0.25, 0.3) is 0 Å². The molecule has 0 aliphatic carbocycles. The van der Waals surface area contributed by atoms with Gasteiger partial charge in [0.25, 0.3) is 0 Å². The van der Waals surface area contributed by atoms with E-state index < -0.39 is 17.8 Å². The van der Waals surface area contributed by atoms with Crippen molar-refractivity contribution in [3.05, 3.63) is 59.7 Å². The average molecular weight is 254 g/mol. The molecule has 0 spiro atoms. The van der Waals surface area contributed by atoms with E-state index in [4.69, 9.17) is 0 Å². The molecule has 0 saturated carbocycles. The lowest BCUT2D eigenvalue weighted by atomic mass is 10.0. The van der Waals surface area contributed by atoms with E-state index in [0.29, 0.717) is 5.56 Å². The summed E-state index contributed by atoms with van der Waals surface area (Å²) in [7, 11) is 0. The van der Waals surface area contributed by atoms with Gasteiger partial charge in [-0.25, -0.2) is 0 Å². The Bertz CT molecular complexity index is 511. The van der Waals surface area contributed by atoms with Crippen LogP contribution in [0, 0.1) is 0 Å². The number of benzene rings is 1. The Hall–Kier alpha value is -1.95. The largest absolute Gasteiger partial charge is 0.416 e. The first-order valence-corrected chi connectivity index (χ1v) is 5.09. The van der Waals surface area contributed by atoms with Crippen LogP contribution < -0.4 is 0 Å². The Balaban J connectivity index is 2.25. The fourth-order valence-corrected chi connectivity index (χ4v) is 1.48. The second kappa shape index (κ2) is 4.73. The van der Waals surface area contributed by atoms with Crippen molar-refractivity contribution in [2.75, 3.05) is 0 Å². The minimum atomic E-state index is -4.38. The Morgan fingerprint density at radius 3 is 2.22 bits per heavy atom. The van der Waals surface area contributed by atoms with Crippen molar-refractivity contribution in [2.45, 2.75) is 12.3 Å². The zero-order valence-corrected chi connectivity index (χ0v) is 9.09. The summed E-state index contributed by atoms with van der Waals surface area (Å²) < 4.78 is 37.1. The summed E-state index contributed by atoms with van der Waals surface area (Å²) in [6.45, 7) is 0. The van der Waals surface area contributed by atoms with Crippen molar-refractivity contribution in [1.82, 2.24) is 9.97 Å². The van der Waals surface area contributed by atoms with Crippen LogP contribution >= 0.6 is 0 Å². The van der Waals surface area contributed by atoms with Gasteiger partial charge in [-0.15, -0.1) is 0 Å². The highest BCUT2D eigenvalue weighted by molar-refractivity contribution is 5.29. The average Bonchev–Trinajstić information content (AvgIpc) is 2.38. The molecule has 94 valence electrons. The number of alkyl halides is 3. The number of hydrogen-bond donors (Lipinski definition) is 1. The maximum atomic E-state index is 12.4. The van der Waals surface area contributed by atoms with E-state index in [0.717, 1.165) is 12.1 Å². The van der Waals surface area contributed by atoms with Crippen LogP contribution in [0.2, 0.25) is 0 Å². The molecule has 2 aromatic rings. The van der Waals surface area contributed by atoms with Crippen LogP contribution in [0.4, 0.5) is 13.2 Å². The smallest absolute Gasteiger partial charge is 0.382 e. The third-order valence-electron chi connectivity index (χ3n) is 2.42. The Kier molecular flexibility index (Phi) is 3.29. The van der Waals surface area contributed by atoms with Gasteiger partial charge < -0.3 is 5.11 Å². The fraction of sp³-hybridized carbons (Fsp3) is 0.167. The van der Waals surface area contributed by atoms with Gasteiger partial charge in [0.05, 0.1) is 17.5 Å². The maximum Gasteiger partial charge on any atom is 0.416 e. The molecule has 0 aliphatic heterocycles. The predicted octanol–water partition coefficient (Wildman–Crippen LogP) is 2.58. The van der Waals surface area contributed by atoms with E-state index in [2.05, 4.69) is 9.97 Å². The summed E-state index contributed by atoms with van der Waals surface area (Å²) in [5.74, 6) is 0. The SMILES string of the molecule is O[C@@H](c1ccc(C(F)(F)F)cc1)c1cnccn1. The molecular weight excluding hydrogens is 245 g/mol. The van der Waals surface area contributed by atoms with E-state index in [9.17, 15) is 18.3 Å². The van der Waals surface area contributed by atoms with E-state index >= 15 is 0 Å². The first kappa shape index (κ1) is 12.5. The molecular formula is C12H9F3N2O. The number of aliphatic hydroxyl groups excluding tert-OH is 1. The molecule has 0 unspecified atom stereocenters. The summed E-state index contributed by atoms with van der Waals surface area (Å²) >= 11 is 0. The maximum absolute atomic E-state index is 12.4. The number of aliphatic hydroxyl groups is 1. The van der Waals surface area contributed by atoms with Crippen LogP contribution in [0.15, 0.2) is 42.9 Å². The Labute approximate surface area is 101 Å². The molecule has 2 rings (SSSR count). The summed E-state index contributed by atoms with van der Waals surface area (Å²) in [4.78, 5) is 7.68. The van der Waals surface area contributed by atoms with Crippen LogP contribution in [0.1, 0.15) is 22.9 Å². The van der Waals surface area contributed by atoms with E-state index in [-0.39, 0.29) is 5.69 Å². The molecule has 18 heavy (non-hydrogen) atoms. The first-order chi connectivity index (χ1) is 8.48. The monoisotopic (exact) mass is 254 g/mol. The van der Waals surface area contributed by atoms with Gasteiger partial charge in [-0.05, 0) is 17.7 Å². The van der Waals surface area contributed by atoms with Gasteiger partial charge >= 0.3 is 6.18 Å². The van der Waals surface area contributed by atoms with Crippen LogP contribution in [0.3, 0.4) is 0 Å². The van der Waals surface area contributed by atoms with Gasteiger partial charge in [0.1, 0.15) is 6.10 Å². The quantitative estimate of drug-likeness (QED) is 0.895. The number of hydrogen-bond acceptors (Lipinski definition) is 3. The Morgan fingerprint density at radius 1 is 1.06 bits per heavy atom. The topological polar surface area (TPSA) is 46.0 Å². The minimum absolute atomic E-state index is 0.289. The molecule has 0 bridgehead atoms. The van der Waals surface area contributed by atoms with Crippen molar-refractivity contribution in [1.29, 1.82) is 0 Å². The highest BCUT2D eigenvalue weighted by Crippen LogP contribution is 2.30. The van der Waals surface area contributed by atoms with Crippen molar-refractivity contribution in [3.8, 4) is 0 Å². The predicted molar refractivity (Wildman–Crippen MR) is 57.5 cm³/mol. The molecule has 1 heterocycles. The molecule has 1 aromatic heterocycles. The first-order valence-electron chi connectivity index (χ1n) is 5.09. The van der Waals surface area contributed by atoms with Crippen LogP contribution in [-0.4, -0.2) is 15.1 Å². The lowest BCUT2D eigenvalue weighted by Gasteiger charge is -2.11. The van der Waals surface area contributed by atoms with Crippen molar-refractivity contribution >= 4 is 0 Å². The summed E-state index contributed by atoms with van der Waals surface area (Å²) in [6.07, 6.45) is -1.25. The molecule has 0 amide bonds. The molecule has 3 nitrogen and oxygen atoms in total. The third-order valence-corrected chi connectivity index (χ3v) is 2.42. The fourth-order valence-electron chi connectivity index (χ4n) is 1.48. The van der Waals surface area contributed by atoms with E-state index in [1.54, 1.807) is 0 Å². The summed E-state index contributed by atoms with van der Waals surface area (Å²) in [5, 5.41) is 9.90. The van der Waals surface area contributed by atoms with Gasteiger partial charge in [0, 0.05) is 12.4 Å². The van der Waals surface area contributed by atoms with E-state index in [1.165, 1.54) is 30.7 Å². The number of aromatic nitrogens is 2. The number of nitrogens with zero attached hydrogens (tertiary/aromatic N) is 2. The molecule has 1 aromatic carbocycles. The molecule has 0 aliphatic rings. The van der Waals surface area contributed by atoms with Gasteiger partial charge in [0.15, 0.2) is 0 Å². The van der Waals surface area contributed by atoms with Gasteiger partial charge in [-0.1, -0.05) is 12.1 Å². The molecule has 1 atom stereocenters. The highest BCUT2D eigenvalue weighted by Gasteiger charge is 2.30. The molecule has 0 radical (unpaired) electrons. The summed E-state index contributed by atoms with van der Waals surface area (Å²) in [6, 6.07) is 4.30. The third kappa shape index (κ3) is 2.65. The standard InChI is InChI=1S/C12H9F3N2O/c13-12(14,15)9-3-1-8(2-4-9)11(18)10-7-16-5-6-17-10/h1-7,11,18H/t11-/m0/s1. The normalized spacial score (nSPS) is 13.3. The molecule has 0 saturated heterocycles. The van der Waals surface area contributed by atoms with Gasteiger partial charge in [-0.3, -0.25) is 9.97 Å². The lowest BCUT2D eigenvalue weighted by molar-refractivity contribution is -0.137. The van der Waals surface area contributed by atoms with E-state index in [1.807, 2.05) is 0 Å². The van der Waals surface area contributed by atoms with Crippen LogP contribution in [0.5, 0.6) is 0 Å². The minimum Gasteiger partial charge on any atom is -0.382 e. The summed E-state index contributed by atoms with van der Waals surface area (Å²) in [5.41, 5.74) is -0.127. The Morgan fingerprint density at radius 2 is 1.72 bits per heavy atom. The zero-order valence-electron chi connectivity index (χ0n) is 9.09. The molecule has 1 N–H and O–H groups in total. The van der Waals surface area contributed by atoms with Gasteiger partial charge in [-0.2, -0.15) is 13.2 Å². The lowest BCUT2D eigenvalue weighted by Crippen LogP contribution is -2.06. The van der Waals surface area contributed by atoms with Crippen LogP contribution in [-0.2, 0) is 6.18 Å². The van der Waals surface area contributed by atoms with Crippen molar-refractivity contribution in [2.24, 2.45) is 0 Å². The zero-order chi connectivity index (χ0) is 13.2. The highest BCUT2D eigenvalue weighted by atomic mass is 19.4. The second-order valence-corrected chi connectivity index (χ2v) is 3.65. The second-order valence-electron chi connectivity index (χ2n) is 3.65. The van der Waals surface area contributed by atoms with Crippen molar-refractivity contribution < 1.29 is 18.3 Å². The van der Waals surface area contributed by atoms with Crippen molar-refractivity contribution in [3.63, 3.8) is 0 Å². The van der Waals surface area contributed by atoms with Gasteiger partial charge in [0.2, 0.25) is 0 Å². The number of halogens is 3.